The molecule has 2 N–H and O–H groups in total. The van der Waals surface area contributed by atoms with Gasteiger partial charge in [0, 0.05) is 44.5 Å². The first kappa shape index (κ1) is 19.7. The van der Waals surface area contributed by atoms with E-state index in [-0.39, 0.29) is 0 Å². The van der Waals surface area contributed by atoms with Crippen LogP contribution in [0.25, 0.3) is 27.7 Å². The van der Waals surface area contributed by atoms with Crippen molar-refractivity contribution in [3.8, 4) is 22.1 Å². The molecule has 0 bridgehead atoms. The van der Waals surface area contributed by atoms with Gasteiger partial charge in [0.05, 0.1) is 24.7 Å². The van der Waals surface area contributed by atoms with E-state index in [0.717, 1.165) is 26.8 Å². The molecule has 136 valence electrons. The molecule has 0 aromatic carbocycles. The molecule has 0 fully saturated rings. The van der Waals surface area contributed by atoms with Crippen LogP contribution in [0.3, 0.4) is 0 Å². The smallest absolute Gasteiger partial charge is 0.178 e. The van der Waals surface area contributed by atoms with Gasteiger partial charge in [-0.15, -0.1) is 11.3 Å². The molecule has 0 radical (unpaired) electrons. The van der Waals surface area contributed by atoms with Gasteiger partial charge in [0.1, 0.15) is 10.7 Å². The lowest BCUT2D eigenvalue weighted by Gasteiger charge is -2.05. The second-order valence-electron chi connectivity index (χ2n) is 5.86. The summed E-state index contributed by atoms with van der Waals surface area (Å²) in [6, 6.07) is 7.66. The fourth-order valence-electron chi connectivity index (χ4n) is 2.15. The van der Waals surface area contributed by atoms with E-state index in [2.05, 4.69) is 33.1 Å². The van der Waals surface area contributed by atoms with Crippen LogP contribution < -0.4 is 5.32 Å². The number of nitrogens with zero attached hydrogens (tertiary/aromatic N) is 5. The quantitative estimate of drug-likeness (QED) is 0.765. The second kappa shape index (κ2) is 9.74. The van der Waals surface area contributed by atoms with Crippen LogP contribution in [-0.4, -0.2) is 53.0 Å². The molecule has 0 amide bonds. The zero-order valence-electron chi connectivity index (χ0n) is 15.8. The summed E-state index contributed by atoms with van der Waals surface area (Å²) in [5.74, 6) is 0.628. The first-order valence-electron chi connectivity index (χ1n) is 8.35. The van der Waals surface area contributed by atoms with Crippen LogP contribution in [0.4, 0.5) is 0 Å². The fraction of sp³-hybridized carbons (Fsp3) is 0.263. The van der Waals surface area contributed by atoms with Gasteiger partial charge in [-0.05, 0) is 25.1 Å². The highest BCUT2D eigenvalue weighted by Crippen LogP contribution is 2.29. The third-order valence-corrected chi connectivity index (χ3v) is 4.25. The molecule has 6 nitrogen and oxygen atoms in total. The van der Waals surface area contributed by atoms with E-state index in [4.69, 9.17) is 0 Å². The van der Waals surface area contributed by atoms with E-state index < -0.39 is 0 Å². The Balaban J connectivity index is 0.000000758. The van der Waals surface area contributed by atoms with Gasteiger partial charge in [-0.3, -0.25) is 0 Å². The molecule has 3 heterocycles. The lowest BCUT2D eigenvalue weighted by molar-refractivity contribution is -0.597. The second-order valence-corrected chi connectivity index (χ2v) is 6.89. The van der Waals surface area contributed by atoms with Crippen LogP contribution in [-0.2, 0) is 0 Å². The van der Waals surface area contributed by atoms with Crippen molar-refractivity contribution in [2.24, 2.45) is 0 Å². The van der Waals surface area contributed by atoms with Gasteiger partial charge in [-0.25, -0.2) is 19.9 Å². The van der Waals surface area contributed by atoms with E-state index in [1.807, 2.05) is 62.8 Å². The number of rotatable bonds is 4. The number of hydrogen-bond acceptors (Lipinski definition) is 6. The molecule has 0 atom stereocenters. The normalized spacial score (nSPS) is 10.9. The molecule has 0 aliphatic heterocycles. The summed E-state index contributed by atoms with van der Waals surface area (Å²) in [4.78, 5) is 20.7. The summed E-state index contributed by atoms with van der Waals surface area (Å²) < 4.78 is 0. The minimum absolute atomic E-state index is 0.628. The minimum atomic E-state index is 0.628. The number of aromatic nitrogens is 4. The van der Waals surface area contributed by atoms with Crippen LogP contribution >= 0.6 is 11.3 Å². The number of nitrogens with two attached hydrogens (primary N) is 1. The molecule has 3 rings (SSSR count). The molecule has 26 heavy (non-hydrogen) atoms. The molecule has 0 saturated heterocycles. The van der Waals surface area contributed by atoms with E-state index in [1.165, 1.54) is 0 Å². The molecular formula is C19H25N6S+. The molecule has 0 aliphatic rings. The Bertz CT molecular complexity index is 842. The van der Waals surface area contributed by atoms with Gasteiger partial charge in [-0.2, -0.15) is 0 Å². The molecule has 3 aromatic rings. The Morgan fingerprint density at radius 2 is 1.69 bits per heavy atom. The Morgan fingerprint density at radius 1 is 1.04 bits per heavy atom. The lowest BCUT2D eigenvalue weighted by Crippen LogP contribution is -2.74. The summed E-state index contributed by atoms with van der Waals surface area (Å²) in [5, 5.41) is 3.00. The first-order valence-corrected chi connectivity index (χ1v) is 9.16. The van der Waals surface area contributed by atoms with Gasteiger partial charge >= 0.3 is 0 Å². The number of quaternary nitrogens is 1. The Morgan fingerprint density at radius 3 is 2.35 bits per heavy atom. The maximum Gasteiger partial charge on any atom is 0.178 e. The standard InChI is InChI=1S/C17H17N5S.C2H7N/c1-12(11-22(2)3)17-20-10-15(23-17)13-6-4-7-14(21-13)16-18-8-5-9-19-16;1-3-2/h4-11H,1-3H3;3H,1-2H3/p+1/b12-11+;. The van der Waals surface area contributed by atoms with Crippen molar-refractivity contribution in [1.29, 1.82) is 0 Å². The SMILES string of the molecule is C/C(=C\N(C)C)c1ncc(-c2cccc(-c3ncccn3)n2)s1.C[NH2+]C. The number of hydrogen-bond donors (Lipinski definition) is 1. The van der Waals surface area contributed by atoms with Gasteiger partial charge in [0.25, 0.3) is 0 Å². The number of pyridine rings is 1. The van der Waals surface area contributed by atoms with Crippen molar-refractivity contribution >= 4 is 16.9 Å². The highest BCUT2D eigenvalue weighted by Gasteiger charge is 2.09. The van der Waals surface area contributed by atoms with Crippen molar-refractivity contribution < 1.29 is 5.32 Å². The van der Waals surface area contributed by atoms with Crippen LogP contribution in [0.5, 0.6) is 0 Å². The average Bonchev–Trinajstić information content (AvgIpc) is 3.13. The van der Waals surface area contributed by atoms with Crippen LogP contribution in [0.1, 0.15) is 11.9 Å². The number of thiazole rings is 1. The van der Waals surface area contributed by atoms with E-state index in [0.29, 0.717) is 5.82 Å². The summed E-state index contributed by atoms with van der Waals surface area (Å²) in [7, 11) is 8.01. The number of allylic oxidation sites excluding steroid dienone is 1. The average molecular weight is 370 g/mol. The van der Waals surface area contributed by atoms with Crippen molar-refractivity contribution in [2.75, 3.05) is 28.2 Å². The van der Waals surface area contributed by atoms with Crippen molar-refractivity contribution in [2.45, 2.75) is 6.92 Å². The molecule has 0 spiro atoms. The molecular weight excluding hydrogens is 344 g/mol. The largest absolute Gasteiger partial charge is 0.383 e. The van der Waals surface area contributed by atoms with Crippen molar-refractivity contribution in [3.05, 3.63) is 54.1 Å². The third-order valence-electron chi connectivity index (χ3n) is 3.09. The fourth-order valence-corrected chi connectivity index (χ4v) is 3.00. The van der Waals surface area contributed by atoms with Crippen molar-refractivity contribution in [3.63, 3.8) is 0 Å². The maximum atomic E-state index is 4.66. The van der Waals surface area contributed by atoms with E-state index in [1.54, 1.807) is 29.8 Å². The summed E-state index contributed by atoms with van der Waals surface area (Å²) in [6.45, 7) is 2.06. The van der Waals surface area contributed by atoms with Crippen LogP contribution in [0.2, 0.25) is 0 Å². The topological polar surface area (TPSA) is 71.4 Å². The van der Waals surface area contributed by atoms with E-state index >= 15 is 0 Å². The Kier molecular flexibility index (Phi) is 7.37. The molecule has 7 heteroatoms. The Labute approximate surface area is 158 Å². The molecule has 0 unspecified atom stereocenters. The van der Waals surface area contributed by atoms with Crippen molar-refractivity contribution in [1.82, 2.24) is 24.8 Å². The highest BCUT2D eigenvalue weighted by atomic mass is 32.1. The lowest BCUT2D eigenvalue weighted by atomic mass is 10.2. The molecule has 0 saturated carbocycles. The third kappa shape index (κ3) is 5.44. The highest BCUT2D eigenvalue weighted by molar-refractivity contribution is 7.16. The zero-order valence-corrected chi connectivity index (χ0v) is 16.7. The zero-order chi connectivity index (χ0) is 18.9. The summed E-state index contributed by atoms with van der Waals surface area (Å²) in [5.41, 5.74) is 2.78. The van der Waals surface area contributed by atoms with Crippen LogP contribution in [0, 0.1) is 0 Å². The first-order chi connectivity index (χ1) is 12.5. The molecule has 0 aliphatic carbocycles. The van der Waals surface area contributed by atoms with Gasteiger partial charge in [-0.1, -0.05) is 6.07 Å². The summed E-state index contributed by atoms with van der Waals surface area (Å²) >= 11 is 1.63. The predicted octanol–water partition coefficient (Wildman–Crippen LogP) is 2.39. The van der Waals surface area contributed by atoms with Gasteiger partial charge < -0.3 is 10.2 Å². The predicted molar refractivity (Wildman–Crippen MR) is 107 cm³/mol. The summed E-state index contributed by atoms with van der Waals surface area (Å²) in [6.07, 6.45) is 7.36. The monoisotopic (exact) mass is 369 g/mol. The van der Waals surface area contributed by atoms with Gasteiger partial charge in [0.2, 0.25) is 0 Å². The minimum Gasteiger partial charge on any atom is -0.383 e. The molecule has 3 aromatic heterocycles. The van der Waals surface area contributed by atoms with Crippen LogP contribution in [0.15, 0.2) is 49.1 Å². The van der Waals surface area contributed by atoms with E-state index in [9.17, 15) is 0 Å². The maximum absolute atomic E-state index is 4.66. The Hall–Kier alpha value is -2.64. The van der Waals surface area contributed by atoms with Gasteiger partial charge in [0.15, 0.2) is 5.82 Å².